The molecule has 0 bridgehead atoms. The van der Waals surface area contributed by atoms with Crippen LogP contribution in [0, 0.1) is 0 Å². The van der Waals surface area contributed by atoms with Crippen molar-refractivity contribution in [1.29, 1.82) is 0 Å². The number of nitrogens with two attached hydrogens (primary N) is 1. The van der Waals surface area contributed by atoms with E-state index in [0.717, 1.165) is 12.0 Å². The number of rotatable bonds is 7. The molecule has 0 unspecified atom stereocenters. The monoisotopic (exact) mass is 457 g/mol. The highest BCUT2D eigenvalue weighted by atomic mass is 32.1. The van der Waals surface area contributed by atoms with Gasteiger partial charge in [-0.2, -0.15) is 0 Å². The van der Waals surface area contributed by atoms with Gasteiger partial charge in [0.2, 0.25) is 0 Å². The van der Waals surface area contributed by atoms with Gasteiger partial charge in [-0.25, -0.2) is 4.79 Å². The normalized spacial score (nSPS) is 10.6. The van der Waals surface area contributed by atoms with E-state index in [4.69, 9.17) is 18.0 Å². The summed E-state index contributed by atoms with van der Waals surface area (Å²) in [7, 11) is 0. The first-order valence-electron chi connectivity index (χ1n) is 9.75. The second-order valence-corrected chi connectivity index (χ2v) is 8.14. The number of aromatic nitrogens is 2. The van der Waals surface area contributed by atoms with Gasteiger partial charge >= 0.3 is 5.69 Å². The Hall–Kier alpha value is -3.24. The predicted molar refractivity (Wildman–Crippen MR) is 128 cm³/mol. The van der Waals surface area contributed by atoms with E-state index in [1.165, 1.54) is 20.8 Å². The number of nitrogens with zero attached hydrogens (tertiary/aromatic N) is 2. The standard InChI is InChI=1S/C21H23N5O3S2/c1-2-3-11-25(21(30)24-18(27)15-10-7-12-31-15)16-17(22)26(20(29)23-19(16)28)13-14-8-5-4-6-9-14/h4-10,12H,2-3,11,13,22H2,1H3,(H,23,28,29)(H,24,27,30). The molecule has 1 aromatic carbocycles. The lowest BCUT2D eigenvalue weighted by Gasteiger charge is -2.26. The Morgan fingerprint density at radius 2 is 1.97 bits per heavy atom. The molecule has 0 atom stereocenters. The number of nitrogens with one attached hydrogen (secondary N) is 2. The van der Waals surface area contributed by atoms with E-state index >= 15 is 0 Å². The first-order valence-corrected chi connectivity index (χ1v) is 11.0. The topological polar surface area (TPSA) is 113 Å². The summed E-state index contributed by atoms with van der Waals surface area (Å²) in [6, 6.07) is 12.7. The minimum absolute atomic E-state index is 0.0126. The average Bonchev–Trinajstić information content (AvgIpc) is 3.29. The fraction of sp³-hybridized carbons (Fsp3) is 0.238. The third kappa shape index (κ3) is 5.28. The van der Waals surface area contributed by atoms with Crippen LogP contribution in [0.5, 0.6) is 0 Å². The maximum atomic E-state index is 12.7. The maximum Gasteiger partial charge on any atom is 0.330 e. The third-order valence-electron chi connectivity index (χ3n) is 4.61. The van der Waals surface area contributed by atoms with Gasteiger partial charge in [0.15, 0.2) is 10.8 Å². The molecule has 3 aromatic rings. The van der Waals surface area contributed by atoms with E-state index in [1.54, 1.807) is 17.5 Å². The summed E-state index contributed by atoms with van der Waals surface area (Å²) in [5.41, 5.74) is 5.92. The van der Waals surface area contributed by atoms with Gasteiger partial charge < -0.3 is 10.6 Å². The maximum absolute atomic E-state index is 12.7. The molecule has 2 heterocycles. The Morgan fingerprint density at radius 1 is 1.23 bits per heavy atom. The minimum Gasteiger partial charge on any atom is -0.383 e. The summed E-state index contributed by atoms with van der Waals surface area (Å²) >= 11 is 6.73. The molecule has 0 aliphatic carbocycles. The number of unbranched alkanes of at least 4 members (excludes halogenated alkanes) is 1. The Morgan fingerprint density at radius 3 is 2.61 bits per heavy atom. The van der Waals surface area contributed by atoms with Crippen LogP contribution in [0.15, 0.2) is 57.4 Å². The molecule has 1 amide bonds. The van der Waals surface area contributed by atoms with Crippen molar-refractivity contribution in [3.8, 4) is 0 Å². The van der Waals surface area contributed by atoms with Gasteiger partial charge in [0, 0.05) is 6.54 Å². The molecule has 10 heteroatoms. The van der Waals surface area contributed by atoms with Crippen molar-refractivity contribution < 1.29 is 4.79 Å². The molecule has 0 aliphatic heterocycles. The van der Waals surface area contributed by atoms with E-state index in [0.29, 0.717) is 17.8 Å². The van der Waals surface area contributed by atoms with E-state index < -0.39 is 11.2 Å². The van der Waals surface area contributed by atoms with Crippen LogP contribution in [0.4, 0.5) is 11.5 Å². The van der Waals surface area contributed by atoms with E-state index in [2.05, 4.69) is 10.3 Å². The molecule has 31 heavy (non-hydrogen) atoms. The number of thiocarbonyl (C=S) groups is 1. The van der Waals surface area contributed by atoms with Gasteiger partial charge in [-0.1, -0.05) is 49.7 Å². The minimum atomic E-state index is -0.657. The Balaban J connectivity index is 1.99. The molecule has 162 valence electrons. The van der Waals surface area contributed by atoms with Gasteiger partial charge in [0.05, 0.1) is 11.4 Å². The molecular weight excluding hydrogens is 434 g/mol. The molecule has 0 saturated heterocycles. The second-order valence-electron chi connectivity index (χ2n) is 6.81. The highest BCUT2D eigenvalue weighted by Gasteiger charge is 2.23. The van der Waals surface area contributed by atoms with Crippen LogP contribution in [0.3, 0.4) is 0 Å². The SMILES string of the molecule is CCCCN(C(=S)NC(=O)c1cccs1)c1c(N)n(Cc2ccccc2)c(=O)[nH]c1=O. The van der Waals surface area contributed by atoms with Gasteiger partial charge in [0.1, 0.15) is 5.82 Å². The Kier molecular flexibility index (Phi) is 7.37. The van der Waals surface area contributed by atoms with Crippen molar-refractivity contribution in [3.63, 3.8) is 0 Å². The number of aromatic amines is 1. The lowest BCUT2D eigenvalue weighted by molar-refractivity contribution is 0.0981. The number of carbonyl (C=O) groups excluding carboxylic acids is 1. The zero-order chi connectivity index (χ0) is 22.4. The number of hydrogen-bond donors (Lipinski definition) is 3. The van der Waals surface area contributed by atoms with Crippen molar-refractivity contribution in [2.24, 2.45) is 0 Å². The Bertz CT molecular complexity index is 1170. The molecule has 4 N–H and O–H groups in total. The second kappa shape index (κ2) is 10.2. The highest BCUT2D eigenvalue weighted by molar-refractivity contribution is 7.80. The van der Waals surface area contributed by atoms with E-state index in [9.17, 15) is 14.4 Å². The van der Waals surface area contributed by atoms with Crippen LogP contribution in [0.2, 0.25) is 0 Å². The number of H-pyrrole nitrogens is 1. The number of carbonyl (C=O) groups is 1. The molecule has 0 saturated carbocycles. The fourth-order valence-corrected chi connectivity index (χ4v) is 3.92. The average molecular weight is 458 g/mol. The largest absolute Gasteiger partial charge is 0.383 e. The first-order chi connectivity index (χ1) is 14.9. The number of thiophene rings is 1. The zero-order valence-corrected chi connectivity index (χ0v) is 18.6. The van der Waals surface area contributed by atoms with Gasteiger partial charge in [-0.05, 0) is 35.6 Å². The summed E-state index contributed by atoms with van der Waals surface area (Å²) in [6.45, 7) is 2.54. The van der Waals surface area contributed by atoms with E-state index in [1.807, 2.05) is 37.3 Å². The molecular formula is C21H23N5O3S2. The van der Waals surface area contributed by atoms with Crippen molar-refractivity contribution in [2.75, 3.05) is 17.2 Å². The summed E-state index contributed by atoms with van der Waals surface area (Å²) in [4.78, 5) is 42.0. The van der Waals surface area contributed by atoms with E-state index in [-0.39, 0.29) is 29.1 Å². The summed E-state index contributed by atoms with van der Waals surface area (Å²) < 4.78 is 1.29. The van der Waals surface area contributed by atoms with Crippen LogP contribution in [-0.2, 0) is 6.54 Å². The van der Waals surface area contributed by atoms with Crippen molar-refractivity contribution in [1.82, 2.24) is 14.9 Å². The van der Waals surface area contributed by atoms with Crippen LogP contribution in [0.25, 0.3) is 0 Å². The smallest absolute Gasteiger partial charge is 0.330 e. The first kappa shape index (κ1) is 22.4. The number of hydrogen-bond acceptors (Lipinski definition) is 6. The fourth-order valence-electron chi connectivity index (χ4n) is 3.03. The molecule has 2 aromatic heterocycles. The van der Waals surface area contributed by atoms with Gasteiger partial charge in [0.25, 0.3) is 11.5 Å². The molecule has 0 aliphatic rings. The van der Waals surface area contributed by atoms with Gasteiger partial charge in [-0.15, -0.1) is 11.3 Å². The molecule has 0 spiro atoms. The third-order valence-corrected chi connectivity index (χ3v) is 5.80. The number of amides is 1. The quantitative estimate of drug-likeness (QED) is 0.470. The van der Waals surface area contributed by atoms with Crippen LogP contribution >= 0.6 is 23.6 Å². The van der Waals surface area contributed by atoms with Crippen molar-refractivity contribution in [2.45, 2.75) is 26.3 Å². The summed E-state index contributed by atoms with van der Waals surface area (Å²) in [5, 5.41) is 4.50. The van der Waals surface area contributed by atoms with Gasteiger partial charge in [-0.3, -0.25) is 24.5 Å². The Labute approximate surface area is 188 Å². The lowest BCUT2D eigenvalue weighted by Crippen LogP contribution is -2.47. The van der Waals surface area contributed by atoms with Crippen molar-refractivity contribution in [3.05, 3.63) is 79.1 Å². The highest BCUT2D eigenvalue weighted by Crippen LogP contribution is 2.19. The van der Waals surface area contributed by atoms with Crippen LogP contribution in [0.1, 0.15) is 35.0 Å². The lowest BCUT2D eigenvalue weighted by atomic mass is 10.2. The number of nitrogen functional groups attached to an aromatic ring is 1. The molecule has 8 nitrogen and oxygen atoms in total. The zero-order valence-electron chi connectivity index (χ0n) is 17.0. The van der Waals surface area contributed by atoms with Crippen molar-refractivity contribution >= 4 is 46.1 Å². The molecule has 0 radical (unpaired) electrons. The van der Waals surface area contributed by atoms with Crippen LogP contribution in [-0.4, -0.2) is 27.1 Å². The predicted octanol–water partition coefficient (Wildman–Crippen LogP) is 2.55. The number of anilines is 2. The molecule has 0 fully saturated rings. The summed E-state index contributed by atoms with van der Waals surface area (Å²) in [5.74, 6) is -0.379. The number of benzene rings is 1. The molecule has 3 rings (SSSR count). The van der Waals surface area contributed by atoms with Crippen LogP contribution < -0.4 is 27.2 Å². The summed E-state index contributed by atoms with van der Waals surface area (Å²) in [6.07, 6.45) is 1.53.